The zero-order valence-electron chi connectivity index (χ0n) is 15.2. The normalized spacial score (nSPS) is 17.7. The summed E-state index contributed by atoms with van der Waals surface area (Å²) in [4.78, 5) is 19.2. The molecule has 1 amide bonds. The van der Waals surface area contributed by atoms with Gasteiger partial charge in [0, 0.05) is 25.7 Å². The van der Waals surface area contributed by atoms with Crippen LogP contribution in [0.3, 0.4) is 0 Å². The van der Waals surface area contributed by atoms with Crippen molar-refractivity contribution in [3.63, 3.8) is 0 Å². The Hall–Kier alpha value is -2.08. The number of nitrogens with one attached hydrogen (secondary N) is 1. The van der Waals surface area contributed by atoms with Crippen molar-refractivity contribution < 1.29 is 9.53 Å². The second-order valence-electron chi connectivity index (χ2n) is 7.08. The minimum atomic E-state index is 0.0804. The van der Waals surface area contributed by atoms with E-state index in [0.717, 1.165) is 47.2 Å². The Balaban J connectivity index is 1.26. The minimum Gasteiger partial charge on any atom is -0.497 e. The van der Waals surface area contributed by atoms with Crippen molar-refractivity contribution in [2.45, 2.75) is 32.1 Å². The second-order valence-corrected chi connectivity index (χ2v) is 8.09. The Kier molecular flexibility index (Phi) is 5.11. The Bertz CT molecular complexity index is 824. The third kappa shape index (κ3) is 3.70. The van der Waals surface area contributed by atoms with Crippen LogP contribution in [0.4, 0.5) is 5.13 Å². The largest absolute Gasteiger partial charge is 0.497 e. The molecule has 2 heterocycles. The summed E-state index contributed by atoms with van der Waals surface area (Å²) in [6.45, 7) is 2.28. The summed E-state index contributed by atoms with van der Waals surface area (Å²) < 4.78 is 6.40. The lowest BCUT2D eigenvalue weighted by Crippen LogP contribution is -2.53. The SMILES string of the molecule is COc1ccc2sc(N3CC(C(=O)NCCC4=CCCCC4)C3)nc2c1. The summed E-state index contributed by atoms with van der Waals surface area (Å²) in [5.74, 6) is 1.08. The molecule has 5 nitrogen and oxygen atoms in total. The van der Waals surface area contributed by atoms with Crippen LogP contribution in [0.15, 0.2) is 29.8 Å². The summed E-state index contributed by atoms with van der Waals surface area (Å²) in [7, 11) is 1.66. The molecule has 1 aliphatic heterocycles. The average Bonchev–Trinajstić information content (AvgIpc) is 3.03. The topological polar surface area (TPSA) is 54.5 Å². The van der Waals surface area contributed by atoms with E-state index in [0.29, 0.717) is 0 Å². The number of methoxy groups -OCH3 is 1. The lowest BCUT2D eigenvalue weighted by atomic mass is 9.97. The number of allylic oxidation sites excluding steroid dienone is 1. The van der Waals surface area contributed by atoms with E-state index in [1.54, 1.807) is 18.4 Å². The molecule has 2 aliphatic rings. The van der Waals surface area contributed by atoms with Crippen LogP contribution >= 0.6 is 11.3 Å². The van der Waals surface area contributed by atoms with Crippen molar-refractivity contribution in [2.75, 3.05) is 31.6 Å². The summed E-state index contributed by atoms with van der Waals surface area (Å²) in [5.41, 5.74) is 2.47. The third-order valence-corrected chi connectivity index (χ3v) is 6.33. The van der Waals surface area contributed by atoms with E-state index in [9.17, 15) is 4.79 Å². The Morgan fingerprint density at radius 2 is 2.27 bits per heavy atom. The number of aromatic nitrogens is 1. The molecule has 4 rings (SSSR count). The molecule has 6 heteroatoms. The molecule has 1 fully saturated rings. The first-order chi connectivity index (χ1) is 12.7. The number of hydrogen-bond acceptors (Lipinski definition) is 5. The highest BCUT2D eigenvalue weighted by molar-refractivity contribution is 7.22. The van der Waals surface area contributed by atoms with Crippen LogP contribution in [0.2, 0.25) is 0 Å². The predicted molar refractivity (Wildman–Crippen MR) is 106 cm³/mol. The second kappa shape index (κ2) is 7.66. The number of rotatable bonds is 6. The molecule has 1 saturated heterocycles. The van der Waals surface area contributed by atoms with E-state index >= 15 is 0 Å². The van der Waals surface area contributed by atoms with Crippen LogP contribution in [0.25, 0.3) is 10.2 Å². The van der Waals surface area contributed by atoms with Gasteiger partial charge < -0.3 is 15.0 Å². The van der Waals surface area contributed by atoms with Gasteiger partial charge in [-0.1, -0.05) is 23.0 Å². The summed E-state index contributed by atoms with van der Waals surface area (Å²) in [5, 5.41) is 4.10. The van der Waals surface area contributed by atoms with Gasteiger partial charge in [0.2, 0.25) is 5.91 Å². The zero-order chi connectivity index (χ0) is 17.9. The number of carbonyl (C=O) groups excluding carboxylic acids is 1. The number of ether oxygens (including phenoxy) is 1. The van der Waals surface area contributed by atoms with Crippen molar-refractivity contribution >= 4 is 32.6 Å². The van der Waals surface area contributed by atoms with Crippen molar-refractivity contribution in [1.29, 1.82) is 0 Å². The lowest BCUT2D eigenvalue weighted by molar-refractivity contribution is -0.125. The van der Waals surface area contributed by atoms with Gasteiger partial charge in [-0.05, 0) is 44.2 Å². The van der Waals surface area contributed by atoms with Crippen molar-refractivity contribution in [3.8, 4) is 5.75 Å². The lowest BCUT2D eigenvalue weighted by Gasteiger charge is -2.38. The number of nitrogens with zero attached hydrogens (tertiary/aromatic N) is 2. The monoisotopic (exact) mass is 371 g/mol. The van der Waals surface area contributed by atoms with E-state index in [2.05, 4.69) is 21.3 Å². The van der Waals surface area contributed by atoms with Gasteiger partial charge in [0.05, 0.1) is 23.2 Å². The zero-order valence-corrected chi connectivity index (χ0v) is 16.0. The number of benzene rings is 1. The van der Waals surface area contributed by atoms with Gasteiger partial charge in [-0.3, -0.25) is 4.79 Å². The highest BCUT2D eigenvalue weighted by Crippen LogP contribution is 2.34. The molecule has 0 bridgehead atoms. The van der Waals surface area contributed by atoms with Crippen molar-refractivity contribution in [2.24, 2.45) is 5.92 Å². The summed E-state index contributed by atoms with van der Waals surface area (Å²) in [6.07, 6.45) is 8.37. The van der Waals surface area contributed by atoms with Crippen LogP contribution in [-0.4, -0.2) is 37.6 Å². The molecule has 0 unspecified atom stereocenters. The van der Waals surface area contributed by atoms with Crippen molar-refractivity contribution in [1.82, 2.24) is 10.3 Å². The fourth-order valence-electron chi connectivity index (χ4n) is 3.58. The molecule has 1 aromatic heterocycles. The number of carbonyl (C=O) groups is 1. The minimum absolute atomic E-state index is 0.0804. The van der Waals surface area contributed by atoms with Crippen LogP contribution in [0, 0.1) is 5.92 Å². The Morgan fingerprint density at radius 1 is 1.38 bits per heavy atom. The maximum atomic E-state index is 12.3. The van der Waals surface area contributed by atoms with Gasteiger partial charge >= 0.3 is 0 Å². The average molecular weight is 372 g/mol. The first-order valence-corrected chi connectivity index (χ1v) is 10.2. The number of anilines is 1. The predicted octanol–water partition coefficient (Wildman–Crippen LogP) is 3.75. The van der Waals surface area contributed by atoms with Gasteiger partial charge in [0.1, 0.15) is 5.75 Å². The number of hydrogen-bond donors (Lipinski definition) is 1. The third-order valence-electron chi connectivity index (χ3n) is 5.24. The molecule has 138 valence electrons. The number of amides is 1. The first kappa shape index (κ1) is 17.3. The molecule has 0 radical (unpaired) electrons. The molecule has 1 aromatic carbocycles. The molecule has 0 saturated carbocycles. The van der Waals surface area contributed by atoms with Gasteiger partial charge in [0.25, 0.3) is 0 Å². The van der Waals surface area contributed by atoms with Crippen LogP contribution in [0.5, 0.6) is 5.75 Å². The van der Waals surface area contributed by atoms with Crippen LogP contribution in [-0.2, 0) is 4.79 Å². The van der Waals surface area contributed by atoms with Crippen molar-refractivity contribution in [3.05, 3.63) is 29.8 Å². The molecule has 26 heavy (non-hydrogen) atoms. The highest BCUT2D eigenvalue weighted by atomic mass is 32.1. The van der Waals surface area contributed by atoms with E-state index in [-0.39, 0.29) is 11.8 Å². The number of fused-ring (bicyclic) bond motifs is 1. The van der Waals surface area contributed by atoms with E-state index in [1.807, 2.05) is 18.2 Å². The quantitative estimate of drug-likeness (QED) is 0.786. The summed E-state index contributed by atoms with van der Waals surface area (Å²) >= 11 is 1.67. The van der Waals surface area contributed by atoms with Gasteiger partial charge in [-0.2, -0.15) is 0 Å². The molecular formula is C20H25N3O2S. The van der Waals surface area contributed by atoms with E-state index < -0.39 is 0 Å². The van der Waals surface area contributed by atoms with Crippen LogP contribution < -0.4 is 15.0 Å². The first-order valence-electron chi connectivity index (χ1n) is 9.38. The van der Waals surface area contributed by atoms with E-state index in [4.69, 9.17) is 4.74 Å². The highest BCUT2D eigenvalue weighted by Gasteiger charge is 2.34. The molecule has 1 aliphatic carbocycles. The fourth-order valence-corrected chi connectivity index (χ4v) is 4.54. The molecule has 2 aromatic rings. The van der Waals surface area contributed by atoms with Gasteiger partial charge in [-0.25, -0.2) is 4.98 Å². The maximum absolute atomic E-state index is 12.3. The maximum Gasteiger partial charge on any atom is 0.226 e. The molecular weight excluding hydrogens is 346 g/mol. The van der Waals surface area contributed by atoms with Gasteiger partial charge in [-0.15, -0.1) is 0 Å². The molecule has 0 spiro atoms. The molecule has 0 atom stereocenters. The number of thiazole rings is 1. The van der Waals surface area contributed by atoms with Crippen LogP contribution in [0.1, 0.15) is 32.1 Å². The fraction of sp³-hybridized carbons (Fsp3) is 0.500. The Labute approximate surface area is 158 Å². The summed E-state index contributed by atoms with van der Waals surface area (Å²) in [6, 6.07) is 5.96. The van der Waals surface area contributed by atoms with E-state index in [1.165, 1.54) is 31.3 Å². The Morgan fingerprint density at radius 3 is 3.04 bits per heavy atom. The van der Waals surface area contributed by atoms with Gasteiger partial charge in [0.15, 0.2) is 5.13 Å². The standard InChI is InChI=1S/C20H25N3O2S/c1-25-16-7-8-18-17(11-16)22-20(26-18)23-12-15(13-23)19(24)21-10-9-14-5-3-2-4-6-14/h5,7-8,11,15H,2-4,6,9-10,12-13H2,1H3,(H,21,24). The molecule has 1 N–H and O–H groups in total. The smallest absolute Gasteiger partial charge is 0.226 e.